The maximum absolute atomic E-state index is 9.87. The van der Waals surface area contributed by atoms with Gasteiger partial charge in [-0.2, -0.15) is 4.98 Å². The molecule has 0 spiro atoms. The largest absolute Gasteiger partial charge is 0.507 e. The van der Waals surface area contributed by atoms with Gasteiger partial charge in [0, 0.05) is 0 Å². The Hall–Kier alpha value is -2.76. The molecule has 3 aromatic rings. The summed E-state index contributed by atoms with van der Waals surface area (Å²) in [6.07, 6.45) is 1.56. The van der Waals surface area contributed by atoms with Gasteiger partial charge in [-0.25, -0.2) is 0 Å². The van der Waals surface area contributed by atoms with Crippen LogP contribution in [0.2, 0.25) is 0 Å². The second kappa shape index (κ2) is 4.73. The molecule has 0 fully saturated rings. The highest BCUT2D eigenvalue weighted by molar-refractivity contribution is 5.66. The van der Waals surface area contributed by atoms with E-state index in [0.717, 1.165) is 5.56 Å². The van der Waals surface area contributed by atoms with Crippen LogP contribution in [0.3, 0.4) is 0 Å². The third-order valence-corrected chi connectivity index (χ3v) is 2.93. The van der Waals surface area contributed by atoms with Gasteiger partial charge >= 0.3 is 0 Å². The van der Waals surface area contributed by atoms with E-state index in [1.165, 1.54) is 6.07 Å². The van der Waals surface area contributed by atoms with E-state index in [1.54, 1.807) is 25.5 Å². The van der Waals surface area contributed by atoms with Gasteiger partial charge in [0.2, 0.25) is 5.82 Å². The molecule has 1 aromatic carbocycles. The molecule has 0 aliphatic carbocycles. The fourth-order valence-corrected chi connectivity index (χ4v) is 1.84. The number of aromatic hydroxyl groups is 1. The average molecular weight is 272 g/mol. The van der Waals surface area contributed by atoms with Crippen LogP contribution in [0.5, 0.6) is 11.5 Å². The lowest BCUT2D eigenvalue weighted by Gasteiger charge is -2.02. The van der Waals surface area contributed by atoms with Crippen LogP contribution in [-0.4, -0.2) is 22.4 Å². The number of aromatic nitrogens is 2. The first-order valence-electron chi connectivity index (χ1n) is 5.94. The molecule has 0 bridgehead atoms. The van der Waals surface area contributed by atoms with Crippen molar-refractivity contribution in [1.82, 2.24) is 10.1 Å². The average Bonchev–Trinajstić information content (AvgIpc) is 3.08. The van der Waals surface area contributed by atoms with Crippen LogP contribution in [0.4, 0.5) is 0 Å². The maximum Gasteiger partial charge on any atom is 0.262 e. The molecule has 20 heavy (non-hydrogen) atoms. The molecule has 6 heteroatoms. The van der Waals surface area contributed by atoms with E-state index in [1.807, 2.05) is 13.0 Å². The number of phenols is 1. The summed E-state index contributed by atoms with van der Waals surface area (Å²) in [5.74, 6) is 1.71. The van der Waals surface area contributed by atoms with Gasteiger partial charge in [0.1, 0.15) is 11.5 Å². The monoisotopic (exact) mass is 272 g/mol. The molecule has 0 saturated carbocycles. The van der Waals surface area contributed by atoms with Crippen molar-refractivity contribution in [3.63, 3.8) is 0 Å². The lowest BCUT2D eigenvalue weighted by molar-refractivity contribution is 0.408. The Morgan fingerprint density at radius 3 is 2.80 bits per heavy atom. The molecule has 0 aliphatic rings. The minimum absolute atomic E-state index is 0.0390. The number of furan rings is 1. The van der Waals surface area contributed by atoms with Gasteiger partial charge in [-0.05, 0) is 36.8 Å². The summed E-state index contributed by atoms with van der Waals surface area (Å²) in [5, 5.41) is 13.7. The molecular formula is C14H12N2O4. The van der Waals surface area contributed by atoms with Crippen molar-refractivity contribution in [2.24, 2.45) is 0 Å². The van der Waals surface area contributed by atoms with Crippen LogP contribution in [0.1, 0.15) is 5.56 Å². The minimum Gasteiger partial charge on any atom is -0.507 e. The Balaban J connectivity index is 2.04. The molecule has 0 atom stereocenters. The molecule has 2 heterocycles. The predicted molar refractivity (Wildman–Crippen MR) is 70.4 cm³/mol. The van der Waals surface area contributed by atoms with E-state index >= 15 is 0 Å². The number of ether oxygens (including phenoxy) is 1. The number of nitrogens with zero attached hydrogens (tertiary/aromatic N) is 2. The van der Waals surface area contributed by atoms with Crippen molar-refractivity contribution in [2.45, 2.75) is 6.92 Å². The fourth-order valence-electron chi connectivity index (χ4n) is 1.84. The van der Waals surface area contributed by atoms with Gasteiger partial charge in [0.25, 0.3) is 5.89 Å². The summed E-state index contributed by atoms with van der Waals surface area (Å²) in [6, 6.07) is 6.60. The number of rotatable bonds is 3. The quantitative estimate of drug-likeness (QED) is 0.789. The van der Waals surface area contributed by atoms with Gasteiger partial charge in [0.15, 0.2) is 5.76 Å². The molecular weight excluding hydrogens is 260 g/mol. The van der Waals surface area contributed by atoms with E-state index in [-0.39, 0.29) is 11.6 Å². The smallest absolute Gasteiger partial charge is 0.262 e. The lowest BCUT2D eigenvalue weighted by Crippen LogP contribution is -1.85. The number of phenolic OH excluding ortho intramolecular Hbond substituents is 1. The Labute approximate surface area is 114 Å². The molecule has 0 unspecified atom stereocenters. The Morgan fingerprint density at radius 2 is 2.10 bits per heavy atom. The Morgan fingerprint density at radius 1 is 1.25 bits per heavy atom. The standard InChI is InChI=1S/C14H12N2O4/c1-8-5-6-19-12(8)13-15-14(20-16-13)10-7-9(18-2)3-4-11(10)17/h3-7,17H,1-2H3. The number of aryl methyl sites for hydroxylation is 1. The van der Waals surface area contributed by atoms with E-state index in [0.29, 0.717) is 22.9 Å². The van der Waals surface area contributed by atoms with Crippen molar-refractivity contribution in [1.29, 1.82) is 0 Å². The summed E-state index contributed by atoms with van der Waals surface area (Å²) < 4.78 is 15.6. The van der Waals surface area contributed by atoms with Crippen molar-refractivity contribution < 1.29 is 18.8 Å². The van der Waals surface area contributed by atoms with Gasteiger partial charge in [-0.3, -0.25) is 0 Å². The van der Waals surface area contributed by atoms with Crippen LogP contribution < -0.4 is 4.74 Å². The molecule has 6 nitrogen and oxygen atoms in total. The van der Waals surface area contributed by atoms with Gasteiger partial charge < -0.3 is 18.8 Å². The van der Waals surface area contributed by atoms with Crippen molar-refractivity contribution >= 4 is 0 Å². The van der Waals surface area contributed by atoms with Crippen LogP contribution in [0.15, 0.2) is 39.5 Å². The predicted octanol–water partition coefficient (Wildman–Crippen LogP) is 3.02. The Kier molecular flexibility index (Phi) is 2.90. The molecule has 0 saturated heterocycles. The first-order chi connectivity index (χ1) is 9.69. The normalized spacial score (nSPS) is 10.7. The van der Waals surface area contributed by atoms with E-state index < -0.39 is 0 Å². The fraction of sp³-hybridized carbons (Fsp3) is 0.143. The summed E-state index contributed by atoms with van der Waals surface area (Å²) >= 11 is 0. The zero-order valence-electron chi connectivity index (χ0n) is 11.0. The zero-order valence-corrected chi connectivity index (χ0v) is 11.0. The van der Waals surface area contributed by atoms with Gasteiger partial charge in [-0.1, -0.05) is 5.16 Å². The number of hydrogen-bond acceptors (Lipinski definition) is 6. The van der Waals surface area contributed by atoms with Crippen LogP contribution in [0, 0.1) is 6.92 Å². The second-order valence-electron chi connectivity index (χ2n) is 4.24. The minimum atomic E-state index is 0.0390. The van der Waals surface area contributed by atoms with Gasteiger partial charge in [-0.15, -0.1) is 0 Å². The number of methoxy groups -OCH3 is 1. The molecule has 2 aromatic heterocycles. The Bertz CT molecular complexity index is 745. The second-order valence-corrected chi connectivity index (χ2v) is 4.24. The third-order valence-electron chi connectivity index (χ3n) is 2.93. The maximum atomic E-state index is 9.87. The zero-order chi connectivity index (χ0) is 14.1. The summed E-state index contributed by atoms with van der Waals surface area (Å²) in [6.45, 7) is 1.89. The molecule has 0 aliphatic heterocycles. The molecule has 0 radical (unpaired) electrons. The molecule has 0 amide bonds. The summed E-state index contributed by atoms with van der Waals surface area (Å²) in [5.41, 5.74) is 1.32. The van der Waals surface area contributed by atoms with Crippen LogP contribution >= 0.6 is 0 Å². The first kappa shape index (κ1) is 12.3. The lowest BCUT2D eigenvalue weighted by atomic mass is 10.2. The highest BCUT2D eigenvalue weighted by Gasteiger charge is 2.17. The van der Waals surface area contributed by atoms with Gasteiger partial charge in [0.05, 0.1) is 18.9 Å². The van der Waals surface area contributed by atoms with E-state index in [2.05, 4.69) is 10.1 Å². The number of benzene rings is 1. The third kappa shape index (κ3) is 2.01. The van der Waals surface area contributed by atoms with E-state index in [4.69, 9.17) is 13.7 Å². The molecule has 3 rings (SSSR count). The highest BCUT2D eigenvalue weighted by atomic mass is 16.5. The molecule has 102 valence electrons. The topological polar surface area (TPSA) is 81.5 Å². The van der Waals surface area contributed by atoms with Crippen molar-refractivity contribution in [3.05, 3.63) is 36.1 Å². The first-order valence-corrected chi connectivity index (χ1v) is 5.94. The number of hydrogen-bond donors (Lipinski definition) is 1. The van der Waals surface area contributed by atoms with Crippen molar-refractivity contribution in [3.8, 4) is 34.5 Å². The van der Waals surface area contributed by atoms with Crippen LogP contribution in [0.25, 0.3) is 23.0 Å². The molecule has 1 N–H and O–H groups in total. The van der Waals surface area contributed by atoms with Crippen molar-refractivity contribution in [2.75, 3.05) is 7.11 Å². The summed E-state index contributed by atoms with van der Waals surface area (Å²) in [4.78, 5) is 4.23. The SMILES string of the molecule is COc1ccc(O)c(-c2nc(-c3occc3C)no2)c1. The van der Waals surface area contributed by atoms with Crippen LogP contribution in [-0.2, 0) is 0 Å². The highest BCUT2D eigenvalue weighted by Crippen LogP contribution is 2.33. The van der Waals surface area contributed by atoms with E-state index in [9.17, 15) is 5.11 Å². The summed E-state index contributed by atoms with van der Waals surface area (Å²) in [7, 11) is 1.54.